The zero-order valence-corrected chi connectivity index (χ0v) is 39.5. The first-order valence-corrected chi connectivity index (χ1v) is 23.8. The lowest BCUT2D eigenvalue weighted by Crippen LogP contribution is -2.66. The Labute approximate surface area is 418 Å². The van der Waals surface area contributed by atoms with E-state index in [9.17, 15) is 38.2 Å². The van der Waals surface area contributed by atoms with E-state index in [0.29, 0.717) is 0 Å². The first-order chi connectivity index (χ1) is 35.4. The van der Waals surface area contributed by atoms with Crippen molar-refractivity contribution in [2.45, 2.75) is 68.3 Å². The molecular formula is C54H45O18P. The van der Waals surface area contributed by atoms with Crippen molar-refractivity contribution in [2.75, 3.05) is 6.61 Å². The van der Waals surface area contributed by atoms with Crippen LogP contribution >= 0.6 is 8.25 Å². The van der Waals surface area contributed by atoms with Gasteiger partial charge in [0.05, 0.1) is 39.5 Å². The summed E-state index contributed by atoms with van der Waals surface area (Å²) in [4.78, 5) is 96.2. The van der Waals surface area contributed by atoms with Gasteiger partial charge in [-0.1, -0.05) is 109 Å². The highest BCUT2D eigenvalue weighted by molar-refractivity contribution is 7.30. The normalized spacial score (nSPS) is 23.6. The van der Waals surface area contributed by atoms with Crippen LogP contribution in [-0.2, 0) is 51.7 Å². The summed E-state index contributed by atoms with van der Waals surface area (Å²) in [6, 6.07) is 46.2. The van der Waals surface area contributed by atoms with Gasteiger partial charge in [-0.2, -0.15) is 0 Å². The highest BCUT2D eigenvalue weighted by Crippen LogP contribution is 2.38. The van der Waals surface area contributed by atoms with E-state index in [4.69, 9.17) is 47.2 Å². The molecule has 0 bridgehead atoms. The molecule has 18 nitrogen and oxygen atoms in total. The highest BCUT2D eigenvalue weighted by atomic mass is 31.1. The van der Waals surface area contributed by atoms with E-state index < -0.39 is 112 Å². The summed E-state index contributed by atoms with van der Waals surface area (Å²) in [7, 11) is -3.81. The number of hydrogen-bond acceptors (Lipinski definition) is 18. The Balaban J connectivity index is 1.25. The first kappa shape index (κ1) is 51.4. The summed E-state index contributed by atoms with van der Waals surface area (Å²) in [6.45, 7) is 0.674. The van der Waals surface area contributed by atoms with E-state index in [0.717, 1.165) is 0 Å². The van der Waals surface area contributed by atoms with Gasteiger partial charge in [0.2, 0.25) is 0 Å². The summed E-state index contributed by atoms with van der Waals surface area (Å²) in [5, 5.41) is 0. The van der Waals surface area contributed by atoms with Crippen molar-refractivity contribution in [3.05, 3.63) is 215 Å². The zero-order valence-electron chi connectivity index (χ0n) is 38.6. The maximum absolute atomic E-state index is 14.2. The van der Waals surface area contributed by atoms with Gasteiger partial charge < -0.3 is 47.5 Å². The molecule has 6 aromatic carbocycles. The van der Waals surface area contributed by atoms with Crippen molar-refractivity contribution in [1.82, 2.24) is 0 Å². The second-order valence-corrected chi connectivity index (χ2v) is 17.0. The lowest BCUT2D eigenvalue weighted by molar-refractivity contribution is -0.348. The van der Waals surface area contributed by atoms with Crippen molar-refractivity contribution in [1.29, 1.82) is 0 Å². The molecule has 0 radical (unpaired) electrons. The predicted molar refractivity (Wildman–Crippen MR) is 252 cm³/mol. The van der Waals surface area contributed by atoms with Gasteiger partial charge in [-0.25, -0.2) is 28.8 Å². The standard InChI is InChI=1S/C54H45O18P/c1-33-41(66-48(56)35-22-10-3-11-23-35)43(67-49(57)36-24-12-4-13-25-36)45(69-51(59)38-28-16-6-17-29-38)53(64-33)71-42-40(32-63-47(55)34-20-8-2-9-21-34)65-54(72-73(61)62)46(70-52(60)39-30-18-7-19-31-39)44(42)68-50(58)37-26-14-5-15-27-37/h2-31,33,40-46,53-54H,32H2,1H3/t33-,40-,41+,42-,43+,44+,45-,46+,53-,54-/m1/s1. The molecule has 2 fully saturated rings. The van der Waals surface area contributed by atoms with Crippen LogP contribution in [0.1, 0.15) is 69.1 Å². The van der Waals surface area contributed by atoms with Crippen LogP contribution in [0.25, 0.3) is 0 Å². The Morgan fingerprint density at radius 2 is 0.712 bits per heavy atom. The molecule has 374 valence electrons. The van der Waals surface area contributed by atoms with E-state index in [2.05, 4.69) is 0 Å². The smallest absolute Gasteiger partial charge is 0.491 e. The SMILES string of the molecule is C[C@H]1O[C@H](O[C@H]2[C@H](OC(=O)c3ccccc3)[C@H](OC(=O)c3ccccc3)[C@@H](O[P+](=O)[O-])O[C@@H]2COC(=O)c2ccccc2)[C@H](OC(=O)c2ccccc2)[C@@H](OC(=O)c2ccccc2)[C@H]1OC(=O)c1ccccc1. The van der Waals surface area contributed by atoms with E-state index >= 15 is 0 Å². The second kappa shape index (κ2) is 24.4. The molecule has 0 amide bonds. The molecule has 11 atom stereocenters. The fraction of sp³-hybridized carbons (Fsp3) is 0.222. The fourth-order valence-corrected chi connectivity index (χ4v) is 8.25. The lowest BCUT2D eigenvalue weighted by atomic mass is 9.96. The summed E-state index contributed by atoms with van der Waals surface area (Å²) in [6.07, 6.45) is -18.0. The van der Waals surface area contributed by atoms with Crippen LogP contribution < -0.4 is 4.89 Å². The van der Waals surface area contributed by atoms with Crippen LogP contribution in [0.2, 0.25) is 0 Å². The average molecular weight is 1010 g/mol. The Morgan fingerprint density at radius 1 is 0.411 bits per heavy atom. The maximum atomic E-state index is 14.2. The monoisotopic (exact) mass is 1010 g/mol. The number of esters is 6. The summed E-state index contributed by atoms with van der Waals surface area (Å²) >= 11 is 0. The number of ether oxygens (including phenoxy) is 9. The molecule has 2 heterocycles. The summed E-state index contributed by atoms with van der Waals surface area (Å²) in [5.74, 6) is -5.77. The van der Waals surface area contributed by atoms with Gasteiger partial charge in [0.15, 0.2) is 36.8 Å². The Hall–Kier alpha value is -7.96. The van der Waals surface area contributed by atoms with Crippen molar-refractivity contribution in [3.63, 3.8) is 0 Å². The molecule has 19 heteroatoms. The van der Waals surface area contributed by atoms with Crippen molar-refractivity contribution < 1.29 is 85.4 Å². The van der Waals surface area contributed by atoms with Gasteiger partial charge in [-0.15, -0.1) is 4.52 Å². The molecule has 6 aromatic rings. The molecule has 0 aliphatic carbocycles. The Bertz CT molecular complexity index is 2840. The third kappa shape index (κ3) is 13.1. The molecule has 1 unspecified atom stereocenters. The Kier molecular flexibility index (Phi) is 17.2. The number of benzene rings is 6. The second-order valence-electron chi connectivity index (χ2n) is 16.3. The van der Waals surface area contributed by atoms with E-state index in [-0.39, 0.29) is 33.4 Å². The van der Waals surface area contributed by atoms with Crippen LogP contribution in [0.15, 0.2) is 182 Å². The minimum Gasteiger partial charge on any atom is -0.566 e. The van der Waals surface area contributed by atoms with Crippen molar-refractivity contribution >= 4 is 44.1 Å². The van der Waals surface area contributed by atoms with E-state index in [1.54, 1.807) is 97.1 Å². The molecule has 2 saturated heterocycles. The van der Waals surface area contributed by atoms with Crippen LogP contribution in [0.5, 0.6) is 0 Å². The largest absolute Gasteiger partial charge is 0.566 e. The van der Waals surface area contributed by atoms with E-state index in [1.807, 2.05) is 0 Å². The molecule has 73 heavy (non-hydrogen) atoms. The predicted octanol–water partition coefficient (Wildman–Crippen LogP) is 6.86. The molecule has 0 aromatic heterocycles. The third-order valence-corrected chi connectivity index (χ3v) is 11.8. The first-order valence-electron chi connectivity index (χ1n) is 22.7. The van der Waals surface area contributed by atoms with Crippen LogP contribution in [0, 0.1) is 0 Å². The molecule has 0 saturated carbocycles. The minimum absolute atomic E-state index is 0.0197. The molecule has 8 rings (SSSR count). The van der Waals surface area contributed by atoms with Crippen molar-refractivity contribution in [2.24, 2.45) is 0 Å². The van der Waals surface area contributed by atoms with E-state index in [1.165, 1.54) is 91.9 Å². The average Bonchev–Trinajstić information content (AvgIpc) is 3.42. The van der Waals surface area contributed by atoms with Crippen molar-refractivity contribution in [3.8, 4) is 0 Å². The Morgan fingerprint density at radius 3 is 1.07 bits per heavy atom. The highest BCUT2D eigenvalue weighted by Gasteiger charge is 2.58. The zero-order chi connectivity index (χ0) is 51.3. The molecule has 0 N–H and O–H groups in total. The van der Waals surface area contributed by atoms with Gasteiger partial charge >= 0.3 is 44.1 Å². The summed E-state index contributed by atoms with van der Waals surface area (Å²) < 4.78 is 73.2. The van der Waals surface area contributed by atoms with Gasteiger partial charge in [0, 0.05) is 0 Å². The molecule has 2 aliphatic heterocycles. The topological polar surface area (TPSA) is 235 Å². The van der Waals surface area contributed by atoms with Crippen LogP contribution in [0.3, 0.4) is 0 Å². The molecule has 2 aliphatic rings. The van der Waals surface area contributed by atoms with Gasteiger partial charge in [0.25, 0.3) is 6.29 Å². The number of carbonyl (C=O) groups is 6. The number of rotatable bonds is 17. The lowest BCUT2D eigenvalue weighted by Gasteiger charge is -2.48. The quantitative estimate of drug-likeness (QED) is 0.0515. The fourth-order valence-electron chi connectivity index (χ4n) is 7.91. The molecule has 0 spiro atoms. The number of hydrogen-bond donors (Lipinski definition) is 0. The van der Waals surface area contributed by atoms with Crippen LogP contribution in [-0.4, -0.2) is 104 Å². The summed E-state index contributed by atoms with van der Waals surface area (Å²) in [5.41, 5.74) is 0.251. The van der Waals surface area contributed by atoms with Gasteiger partial charge in [-0.05, 0) is 84.3 Å². The van der Waals surface area contributed by atoms with Crippen LogP contribution in [0.4, 0.5) is 0 Å². The maximum Gasteiger partial charge on any atom is 0.491 e. The number of carbonyl (C=O) groups excluding carboxylic acids is 6. The van der Waals surface area contributed by atoms with Gasteiger partial charge in [0.1, 0.15) is 18.8 Å². The third-order valence-electron chi connectivity index (χ3n) is 11.5. The van der Waals surface area contributed by atoms with Gasteiger partial charge in [-0.3, -0.25) is 0 Å². The molecular weight excluding hydrogens is 968 g/mol. The minimum atomic E-state index is -3.81.